The Bertz CT molecular complexity index is 1770. The molecule has 3 aliphatic heterocycles. The summed E-state index contributed by atoms with van der Waals surface area (Å²) in [5.74, 6) is 4.23. The molecule has 1 aromatic heterocycles. The molecular formula is C34H40N2O7. The van der Waals surface area contributed by atoms with E-state index in [2.05, 4.69) is 38.8 Å². The maximum atomic E-state index is 14.3. The molecule has 43 heavy (non-hydrogen) atoms. The molecule has 2 bridgehead atoms. The average molecular weight is 589 g/mol. The van der Waals surface area contributed by atoms with Crippen LogP contribution in [0.1, 0.15) is 50.7 Å². The van der Waals surface area contributed by atoms with Gasteiger partial charge in [-0.05, 0) is 69.4 Å². The molecule has 4 aliphatic rings. The summed E-state index contributed by atoms with van der Waals surface area (Å²) in [4.78, 5) is 16.5. The molecule has 4 heterocycles. The van der Waals surface area contributed by atoms with Gasteiger partial charge in [-0.25, -0.2) is 0 Å². The van der Waals surface area contributed by atoms with Gasteiger partial charge in [-0.1, -0.05) is 0 Å². The average Bonchev–Trinajstić information content (AvgIpc) is 2.98. The molecule has 0 radical (unpaired) electrons. The smallest absolute Gasteiger partial charge is 0.258 e. The third-order valence-electron chi connectivity index (χ3n) is 10.2. The van der Waals surface area contributed by atoms with E-state index >= 15 is 0 Å². The largest absolute Gasteiger partial charge is 0.493 e. The Morgan fingerprint density at radius 1 is 0.837 bits per heavy atom. The molecule has 4 unspecified atom stereocenters. The van der Waals surface area contributed by atoms with E-state index in [1.807, 2.05) is 18.2 Å². The number of ether oxygens (including phenoxy) is 6. The van der Waals surface area contributed by atoms with Crippen LogP contribution in [0.2, 0.25) is 0 Å². The van der Waals surface area contributed by atoms with Crippen molar-refractivity contribution in [2.24, 2.45) is 18.9 Å². The maximum absolute atomic E-state index is 14.3. The van der Waals surface area contributed by atoms with E-state index in [0.717, 1.165) is 40.8 Å². The molecule has 1 fully saturated rings. The van der Waals surface area contributed by atoms with Gasteiger partial charge in [-0.15, -0.1) is 0 Å². The molecule has 7 rings (SSSR count). The van der Waals surface area contributed by atoms with Crippen LogP contribution in [0.15, 0.2) is 34.6 Å². The third-order valence-corrected chi connectivity index (χ3v) is 10.2. The Morgan fingerprint density at radius 3 is 2.16 bits per heavy atom. The van der Waals surface area contributed by atoms with Crippen molar-refractivity contribution in [3.05, 3.63) is 51.3 Å². The number of hydrogen-bond acceptors (Lipinski definition) is 8. The molecule has 1 aliphatic carbocycles. The van der Waals surface area contributed by atoms with Crippen LogP contribution >= 0.6 is 0 Å². The number of benzene rings is 2. The number of methoxy groups -OCH3 is 4. The molecule has 228 valence electrons. The molecule has 9 nitrogen and oxygen atoms in total. The topological polar surface area (TPSA) is 80.6 Å². The van der Waals surface area contributed by atoms with Gasteiger partial charge in [-0.3, -0.25) is 4.79 Å². The van der Waals surface area contributed by atoms with Crippen molar-refractivity contribution >= 4 is 22.3 Å². The molecule has 0 spiro atoms. The van der Waals surface area contributed by atoms with Gasteiger partial charge in [0.25, 0.3) is 5.56 Å². The fraction of sp³-hybridized carbons (Fsp3) is 0.500. The zero-order valence-corrected chi connectivity index (χ0v) is 26.4. The molecule has 0 N–H and O–H groups in total. The number of rotatable bonds is 4. The molecule has 4 atom stereocenters. The first kappa shape index (κ1) is 27.8. The van der Waals surface area contributed by atoms with Gasteiger partial charge in [0.1, 0.15) is 28.2 Å². The number of nitrogens with zero attached hydrogens (tertiary/aromatic N) is 2. The Kier molecular flexibility index (Phi) is 5.98. The molecule has 0 amide bonds. The number of anilines is 1. The van der Waals surface area contributed by atoms with Crippen LogP contribution in [0, 0.1) is 11.8 Å². The number of fused-ring (bicyclic) bond motifs is 11. The maximum Gasteiger partial charge on any atom is 0.258 e. The van der Waals surface area contributed by atoms with E-state index in [1.54, 1.807) is 40.1 Å². The zero-order valence-electron chi connectivity index (χ0n) is 26.4. The van der Waals surface area contributed by atoms with Crippen LogP contribution in [-0.2, 0) is 11.8 Å². The van der Waals surface area contributed by atoms with Crippen molar-refractivity contribution in [3.63, 3.8) is 0 Å². The molecule has 3 aromatic rings. The highest BCUT2D eigenvalue weighted by atomic mass is 16.5. The quantitative estimate of drug-likeness (QED) is 0.395. The molecule has 9 heteroatoms. The summed E-state index contributed by atoms with van der Waals surface area (Å²) in [5.41, 5.74) is 3.52. The fourth-order valence-corrected chi connectivity index (χ4v) is 8.65. The number of aryl methyl sites for hydroxylation is 1. The van der Waals surface area contributed by atoms with Gasteiger partial charge >= 0.3 is 0 Å². The summed E-state index contributed by atoms with van der Waals surface area (Å²) in [6, 6.07) is 7.87. The monoisotopic (exact) mass is 588 g/mol. The lowest BCUT2D eigenvalue weighted by atomic mass is 9.55. The van der Waals surface area contributed by atoms with Gasteiger partial charge in [0.2, 0.25) is 0 Å². The van der Waals surface area contributed by atoms with Crippen molar-refractivity contribution in [3.8, 4) is 28.7 Å². The lowest BCUT2D eigenvalue weighted by Gasteiger charge is -2.58. The van der Waals surface area contributed by atoms with Crippen molar-refractivity contribution in [2.75, 3.05) is 46.9 Å². The Balaban J connectivity index is 1.44. The van der Waals surface area contributed by atoms with Crippen LogP contribution in [0.3, 0.4) is 0 Å². The SMILES string of the molecule is COc1ccc2c(c1OC)N(C)CC1=C2OC(C)(C)C2C1CC1(C)CC2c2c(c3ccc(OC)c(OC)c3n(C)c2=O)O1. The predicted molar refractivity (Wildman–Crippen MR) is 165 cm³/mol. The lowest BCUT2D eigenvalue weighted by molar-refractivity contribution is -0.100. The van der Waals surface area contributed by atoms with E-state index in [4.69, 9.17) is 28.4 Å². The standard InChI is InChI=1S/C34H40N2O7/c1-33(2)25-19(21-16-35(4)26-17(28(21)42-33)10-12-22(38-6)30(26)40-8)14-34(3)15-20(25)24-29(43-34)18-11-13-23(39-7)31(41-9)27(18)36(5)32(24)37/h10-13,19-20,25H,14-16H2,1-9H3. The fourth-order valence-electron chi connectivity index (χ4n) is 8.65. The first-order valence-electron chi connectivity index (χ1n) is 14.8. The minimum Gasteiger partial charge on any atom is -0.493 e. The second-order valence-corrected chi connectivity index (χ2v) is 13.1. The number of pyridine rings is 1. The first-order valence-corrected chi connectivity index (χ1v) is 14.8. The summed E-state index contributed by atoms with van der Waals surface area (Å²) in [6.45, 7) is 7.22. The highest BCUT2D eigenvalue weighted by Crippen LogP contribution is 2.63. The number of hydrogen-bond donors (Lipinski definition) is 0. The molecule has 1 saturated carbocycles. The highest BCUT2D eigenvalue weighted by molar-refractivity contribution is 5.94. The third kappa shape index (κ3) is 3.66. The van der Waals surface area contributed by atoms with Gasteiger partial charge in [-0.2, -0.15) is 0 Å². The van der Waals surface area contributed by atoms with Crippen LogP contribution in [0.4, 0.5) is 5.69 Å². The number of likely N-dealkylation sites (N-methyl/N-ethyl adjacent to an activating group) is 1. The highest BCUT2D eigenvalue weighted by Gasteiger charge is 2.60. The zero-order chi connectivity index (χ0) is 30.6. The van der Waals surface area contributed by atoms with E-state index in [9.17, 15) is 4.79 Å². The second kappa shape index (κ2) is 9.24. The van der Waals surface area contributed by atoms with Crippen molar-refractivity contribution in [1.29, 1.82) is 0 Å². The van der Waals surface area contributed by atoms with Crippen LogP contribution < -0.4 is 34.1 Å². The summed E-state index contributed by atoms with van der Waals surface area (Å²) >= 11 is 0. The van der Waals surface area contributed by atoms with Crippen molar-refractivity contribution in [1.82, 2.24) is 4.57 Å². The van der Waals surface area contributed by atoms with E-state index in [-0.39, 0.29) is 23.3 Å². The minimum atomic E-state index is -0.554. The number of aromatic nitrogens is 1. The molecular weight excluding hydrogens is 548 g/mol. The van der Waals surface area contributed by atoms with Gasteiger partial charge < -0.3 is 37.9 Å². The summed E-state index contributed by atoms with van der Waals surface area (Å²) in [6.07, 6.45) is 1.57. The predicted octanol–water partition coefficient (Wildman–Crippen LogP) is 5.50. The van der Waals surface area contributed by atoms with E-state index in [0.29, 0.717) is 40.8 Å². The second-order valence-electron chi connectivity index (χ2n) is 13.1. The Hall–Kier alpha value is -4.01. The molecule has 2 aromatic carbocycles. The molecule has 0 saturated heterocycles. The van der Waals surface area contributed by atoms with Gasteiger partial charge in [0.05, 0.1) is 39.7 Å². The van der Waals surface area contributed by atoms with Gasteiger partial charge in [0, 0.05) is 43.4 Å². The lowest BCUT2D eigenvalue weighted by Crippen LogP contribution is -2.58. The summed E-state index contributed by atoms with van der Waals surface area (Å²) in [7, 11) is 10.4. The van der Waals surface area contributed by atoms with Crippen LogP contribution in [0.5, 0.6) is 28.7 Å². The van der Waals surface area contributed by atoms with Crippen molar-refractivity contribution < 1.29 is 28.4 Å². The first-order chi connectivity index (χ1) is 20.5. The van der Waals surface area contributed by atoms with E-state index < -0.39 is 11.2 Å². The van der Waals surface area contributed by atoms with Crippen molar-refractivity contribution in [2.45, 2.75) is 50.7 Å². The summed E-state index contributed by atoms with van der Waals surface area (Å²) < 4.78 is 38.4. The van der Waals surface area contributed by atoms with Crippen LogP contribution in [-0.4, -0.2) is 57.8 Å². The van der Waals surface area contributed by atoms with Crippen LogP contribution in [0.25, 0.3) is 16.7 Å². The van der Waals surface area contributed by atoms with Gasteiger partial charge in [0.15, 0.2) is 23.0 Å². The summed E-state index contributed by atoms with van der Waals surface area (Å²) in [5, 5.41) is 0.853. The Morgan fingerprint density at radius 2 is 1.49 bits per heavy atom. The van der Waals surface area contributed by atoms with E-state index in [1.165, 1.54) is 5.57 Å². The minimum absolute atomic E-state index is 0.0511. The normalized spacial score (nSPS) is 26.3. The Labute approximate surface area is 251 Å².